The summed E-state index contributed by atoms with van der Waals surface area (Å²) in [5, 5.41) is 1.61. The SMILES string of the molecule is CCC(CC(C)C)SC(CC)CC(C)(C)S. The Bertz CT molecular complexity index is 170. The van der Waals surface area contributed by atoms with Gasteiger partial charge in [0.25, 0.3) is 0 Å². The first-order valence-electron chi connectivity index (χ1n) is 6.66. The summed E-state index contributed by atoms with van der Waals surface area (Å²) in [6.45, 7) is 13.7. The number of hydrogen-bond donors (Lipinski definition) is 1. The molecule has 0 rings (SSSR count). The van der Waals surface area contributed by atoms with Gasteiger partial charge in [0.2, 0.25) is 0 Å². The zero-order valence-electron chi connectivity index (χ0n) is 11.9. The molecule has 0 amide bonds. The minimum absolute atomic E-state index is 0.170. The smallest absolute Gasteiger partial charge is 0.00836 e. The summed E-state index contributed by atoms with van der Waals surface area (Å²) in [5.74, 6) is 0.818. The van der Waals surface area contributed by atoms with Crippen molar-refractivity contribution in [2.75, 3.05) is 0 Å². The van der Waals surface area contributed by atoms with E-state index < -0.39 is 0 Å². The molecule has 0 aromatic heterocycles. The molecule has 0 heterocycles. The van der Waals surface area contributed by atoms with Gasteiger partial charge in [-0.25, -0.2) is 0 Å². The number of thioether (sulfide) groups is 1. The maximum atomic E-state index is 4.66. The fraction of sp³-hybridized carbons (Fsp3) is 1.00. The van der Waals surface area contributed by atoms with Gasteiger partial charge >= 0.3 is 0 Å². The number of rotatable bonds is 8. The first-order valence-corrected chi connectivity index (χ1v) is 8.05. The van der Waals surface area contributed by atoms with Crippen LogP contribution in [0.5, 0.6) is 0 Å². The highest BCUT2D eigenvalue weighted by atomic mass is 32.2. The van der Waals surface area contributed by atoms with Crippen molar-refractivity contribution in [1.29, 1.82) is 0 Å². The third-order valence-electron chi connectivity index (χ3n) is 2.76. The Hall–Kier alpha value is 0.700. The van der Waals surface area contributed by atoms with E-state index >= 15 is 0 Å². The fourth-order valence-corrected chi connectivity index (χ4v) is 4.24. The van der Waals surface area contributed by atoms with E-state index in [-0.39, 0.29) is 4.75 Å². The van der Waals surface area contributed by atoms with Crippen molar-refractivity contribution in [2.24, 2.45) is 5.92 Å². The van der Waals surface area contributed by atoms with E-state index in [9.17, 15) is 0 Å². The number of thiol groups is 1. The van der Waals surface area contributed by atoms with Gasteiger partial charge in [0.15, 0.2) is 0 Å². The summed E-state index contributed by atoms with van der Waals surface area (Å²) in [7, 11) is 0. The Morgan fingerprint density at radius 1 is 1.06 bits per heavy atom. The molecule has 0 bridgehead atoms. The normalized spacial score (nSPS) is 16.5. The first kappa shape index (κ1) is 16.7. The van der Waals surface area contributed by atoms with Crippen LogP contribution < -0.4 is 0 Å². The van der Waals surface area contributed by atoms with E-state index in [1.54, 1.807) is 0 Å². The molecule has 2 unspecified atom stereocenters. The second kappa shape index (κ2) is 7.92. The molecule has 0 aliphatic carbocycles. The Morgan fingerprint density at radius 2 is 1.56 bits per heavy atom. The van der Waals surface area contributed by atoms with Crippen LogP contribution in [0.2, 0.25) is 0 Å². The van der Waals surface area contributed by atoms with Crippen molar-refractivity contribution in [2.45, 2.75) is 82.5 Å². The lowest BCUT2D eigenvalue weighted by Gasteiger charge is -2.28. The number of hydrogen-bond acceptors (Lipinski definition) is 2. The molecule has 0 aromatic rings. The van der Waals surface area contributed by atoms with Gasteiger partial charge in [-0.2, -0.15) is 24.4 Å². The van der Waals surface area contributed by atoms with Gasteiger partial charge < -0.3 is 0 Å². The molecule has 0 saturated carbocycles. The van der Waals surface area contributed by atoms with Crippen molar-refractivity contribution in [1.82, 2.24) is 0 Å². The highest BCUT2D eigenvalue weighted by molar-refractivity contribution is 8.00. The van der Waals surface area contributed by atoms with Gasteiger partial charge in [-0.15, -0.1) is 0 Å². The summed E-state index contributed by atoms with van der Waals surface area (Å²) in [6.07, 6.45) is 5.13. The van der Waals surface area contributed by atoms with Gasteiger partial charge in [0.1, 0.15) is 0 Å². The van der Waals surface area contributed by atoms with Crippen LogP contribution in [0.3, 0.4) is 0 Å². The Morgan fingerprint density at radius 3 is 1.88 bits per heavy atom. The Balaban J connectivity index is 4.17. The molecule has 2 atom stereocenters. The van der Waals surface area contributed by atoms with Crippen LogP contribution in [0.1, 0.15) is 67.2 Å². The van der Waals surface area contributed by atoms with Crippen molar-refractivity contribution < 1.29 is 0 Å². The van der Waals surface area contributed by atoms with Crippen LogP contribution in [0.4, 0.5) is 0 Å². The minimum atomic E-state index is 0.170. The lowest BCUT2D eigenvalue weighted by atomic mass is 10.1. The third kappa shape index (κ3) is 8.81. The molecule has 0 aliphatic rings. The van der Waals surface area contributed by atoms with Crippen molar-refractivity contribution in [3.63, 3.8) is 0 Å². The zero-order valence-corrected chi connectivity index (χ0v) is 13.6. The van der Waals surface area contributed by atoms with Gasteiger partial charge in [-0.05, 0) is 31.6 Å². The lowest BCUT2D eigenvalue weighted by Crippen LogP contribution is -2.21. The maximum Gasteiger partial charge on any atom is 0.00836 e. The van der Waals surface area contributed by atoms with Gasteiger partial charge in [-0.1, -0.05) is 41.5 Å². The molecular weight excluding hydrogens is 232 g/mol. The lowest BCUT2D eigenvalue weighted by molar-refractivity contribution is 0.553. The Labute approximate surface area is 113 Å². The van der Waals surface area contributed by atoms with E-state index in [1.807, 2.05) is 0 Å². The average Bonchev–Trinajstić information content (AvgIpc) is 2.12. The summed E-state index contributed by atoms with van der Waals surface area (Å²) in [5.41, 5.74) is 0. The molecule has 2 heteroatoms. The molecule has 0 N–H and O–H groups in total. The topological polar surface area (TPSA) is 0 Å². The second-order valence-corrected chi connectivity index (χ2v) is 8.66. The van der Waals surface area contributed by atoms with Crippen LogP contribution in [-0.4, -0.2) is 15.2 Å². The fourth-order valence-electron chi connectivity index (χ4n) is 1.96. The maximum absolute atomic E-state index is 4.66. The predicted octanol–water partition coefficient (Wildman–Crippen LogP) is 5.42. The minimum Gasteiger partial charge on any atom is -0.173 e. The van der Waals surface area contributed by atoms with E-state index in [0.29, 0.717) is 0 Å². The van der Waals surface area contributed by atoms with Crippen molar-refractivity contribution in [3.05, 3.63) is 0 Å². The van der Waals surface area contributed by atoms with Crippen LogP contribution in [0.25, 0.3) is 0 Å². The van der Waals surface area contributed by atoms with Crippen LogP contribution in [0, 0.1) is 5.92 Å². The third-order valence-corrected chi connectivity index (χ3v) is 4.74. The van der Waals surface area contributed by atoms with Gasteiger partial charge in [0.05, 0.1) is 0 Å². The highest BCUT2D eigenvalue weighted by Crippen LogP contribution is 2.34. The van der Waals surface area contributed by atoms with Gasteiger partial charge in [0, 0.05) is 15.2 Å². The van der Waals surface area contributed by atoms with Crippen LogP contribution in [-0.2, 0) is 0 Å². The van der Waals surface area contributed by atoms with Gasteiger partial charge in [-0.3, -0.25) is 0 Å². The Kier molecular flexibility index (Phi) is 8.26. The van der Waals surface area contributed by atoms with E-state index in [0.717, 1.165) is 16.4 Å². The molecule has 16 heavy (non-hydrogen) atoms. The molecule has 0 spiro atoms. The summed E-state index contributed by atoms with van der Waals surface area (Å²) >= 11 is 6.85. The molecule has 0 radical (unpaired) electrons. The molecule has 0 saturated heterocycles. The van der Waals surface area contributed by atoms with E-state index in [2.05, 4.69) is 65.9 Å². The molecular formula is C14H30S2. The average molecular weight is 263 g/mol. The molecule has 98 valence electrons. The molecule has 0 fully saturated rings. The first-order chi connectivity index (χ1) is 7.28. The largest absolute Gasteiger partial charge is 0.173 e. The molecule has 0 aliphatic heterocycles. The van der Waals surface area contributed by atoms with E-state index in [1.165, 1.54) is 25.7 Å². The van der Waals surface area contributed by atoms with Crippen LogP contribution >= 0.6 is 24.4 Å². The summed E-state index contributed by atoms with van der Waals surface area (Å²) in [4.78, 5) is 0. The second-order valence-electron chi connectivity index (χ2n) is 5.84. The summed E-state index contributed by atoms with van der Waals surface area (Å²) < 4.78 is 0.170. The molecule has 0 aromatic carbocycles. The summed E-state index contributed by atoms with van der Waals surface area (Å²) in [6, 6.07) is 0. The standard InChI is InChI=1S/C14H30S2/c1-7-12(9-11(3)4)16-13(8-2)10-14(5,6)15/h11-13,15H,7-10H2,1-6H3. The highest BCUT2D eigenvalue weighted by Gasteiger charge is 2.21. The van der Waals surface area contributed by atoms with Crippen molar-refractivity contribution >= 4 is 24.4 Å². The zero-order chi connectivity index (χ0) is 12.8. The van der Waals surface area contributed by atoms with Crippen LogP contribution in [0.15, 0.2) is 0 Å². The molecule has 0 nitrogen and oxygen atoms in total. The van der Waals surface area contributed by atoms with Crippen molar-refractivity contribution in [3.8, 4) is 0 Å². The monoisotopic (exact) mass is 262 g/mol. The predicted molar refractivity (Wildman–Crippen MR) is 82.9 cm³/mol. The quantitative estimate of drug-likeness (QED) is 0.570. The van der Waals surface area contributed by atoms with E-state index in [4.69, 9.17) is 0 Å².